The number of aromatic carboxylic acids is 1. The highest BCUT2D eigenvalue weighted by molar-refractivity contribution is 8.00. The van der Waals surface area contributed by atoms with Gasteiger partial charge in [-0.1, -0.05) is 18.3 Å². The molecule has 2 heterocycles. The molecule has 1 aliphatic heterocycles. The van der Waals surface area contributed by atoms with Crippen LogP contribution in [0.5, 0.6) is 0 Å². The Kier molecular flexibility index (Phi) is 3.91. The van der Waals surface area contributed by atoms with E-state index in [-0.39, 0.29) is 16.4 Å². The molecule has 1 aromatic rings. The number of carboxylic acid groups (broad SMARTS) is 1. The molecule has 1 N–H and O–H groups in total. The Bertz CT molecular complexity index is 455. The summed E-state index contributed by atoms with van der Waals surface area (Å²) in [6, 6.07) is 0. The van der Waals surface area contributed by atoms with E-state index in [0.717, 1.165) is 18.8 Å². The number of ketones is 1. The number of anilines is 1. The van der Waals surface area contributed by atoms with Gasteiger partial charge in [-0.3, -0.25) is 4.79 Å². The van der Waals surface area contributed by atoms with Crippen LogP contribution in [0.25, 0.3) is 0 Å². The average molecular weight is 286 g/mol. The lowest BCUT2D eigenvalue weighted by Gasteiger charge is -2.30. The molecule has 0 aliphatic carbocycles. The van der Waals surface area contributed by atoms with E-state index in [1.807, 2.05) is 11.8 Å². The largest absolute Gasteiger partial charge is 0.476 e. The van der Waals surface area contributed by atoms with Gasteiger partial charge in [0.05, 0.1) is 0 Å². The van der Waals surface area contributed by atoms with Crippen molar-refractivity contribution >= 4 is 40.0 Å². The van der Waals surface area contributed by atoms with Gasteiger partial charge in [0, 0.05) is 31.0 Å². The van der Waals surface area contributed by atoms with Crippen molar-refractivity contribution in [3.8, 4) is 0 Å². The zero-order valence-corrected chi connectivity index (χ0v) is 11.8. The molecule has 0 bridgehead atoms. The molecular formula is C11H14N2O3S2. The maximum Gasteiger partial charge on any atom is 0.356 e. The van der Waals surface area contributed by atoms with Crippen molar-refractivity contribution in [2.75, 3.05) is 23.7 Å². The fourth-order valence-electron chi connectivity index (χ4n) is 1.82. The van der Waals surface area contributed by atoms with Crippen LogP contribution >= 0.6 is 23.1 Å². The summed E-state index contributed by atoms with van der Waals surface area (Å²) in [4.78, 5) is 28.9. The quantitative estimate of drug-likeness (QED) is 0.857. The molecule has 1 aliphatic rings. The van der Waals surface area contributed by atoms with E-state index in [4.69, 9.17) is 5.11 Å². The maximum absolute atomic E-state index is 11.4. The minimum Gasteiger partial charge on any atom is -0.476 e. The van der Waals surface area contributed by atoms with Gasteiger partial charge in [-0.2, -0.15) is 11.8 Å². The molecule has 5 nitrogen and oxygen atoms in total. The number of nitrogens with zero attached hydrogens (tertiary/aromatic N) is 2. The van der Waals surface area contributed by atoms with E-state index in [9.17, 15) is 9.59 Å². The van der Waals surface area contributed by atoms with Gasteiger partial charge in [-0.25, -0.2) is 9.78 Å². The summed E-state index contributed by atoms with van der Waals surface area (Å²) in [5, 5.41) is 10.2. The van der Waals surface area contributed by atoms with E-state index in [1.54, 1.807) is 0 Å². The first-order chi connectivity index (χ1) is 8.49. The second kappa shape index (κ2) is 5.27. The van der Waals surface area contributed by atoms with Crippen LogP contribution in [-0.4, -0.2) is 45.9 Å². The van der Waals surface area contributed by atoms with Crippen molar-refractivity contribution in [3.05, 3.63) is 10.6 Å². The van der Waals surface area contributed by atoms with Crippen LogP contribution < -0.4 is 4.90 Å². The molecular weight excluding hydrogens is 272 g/mol. The summed E-state index contributed by atoms with van der Waals surface area (Å²) in [5.41, 5.74) is -0.117. The molecule has 0 saturated carbocycles. The van der Waals surface area contributed by atoms with Crippen molar-refractivity contribution in [1.29, 1.82) is 0 Å². The van der Waals surface area contributed by atoms with Gasteiger partial charge in [0.1, 0.15) is 4.88 Å². The highest BCUT2D eigenvalue weighted by atomic mass is 32.2. The first kappa shape index (κ1) is 13.4. The Morgan fingerprint density at radius 3 is 2.72 bits per heavy atom. The van der Waals surface area contributed by atoms with Gasteiger partial charge in [-0.05, 0) is 0 Å². The Morgan fingerprint density at radius 2 is 2.22 bits per heavy atom. The second-order valence-corrected chi connectivity index (χ2v) is 6.69. The molecule has 98 valence electrons. The van der Waals surface area contributed by atoms with Crippen LogP contribution in [0.2, 0.25) is 0 Å². The van der Waals surface area contributed by atoms with Crippen LogP contribution in [-0.2, 0) is 0 Å². The van der Waals surface area contributed by atoms with Crippen LogP contribution in [0.4, 0.5) is 5.13 Å². The lowest BCUT2D eigenvalue weighted by atomic mass is 10.3. The molecule has 1 atom stereocenters. The van der Waals surface area contributed by atoms with Crippen molar-refractivity contribution in [2.24, 2.45) is 0 Å². The zero-order valence-electron chi connectivity index (χ0n) is 10.2. The minimum atomic E-state index is -1.14. The summed E-state index contributed by atoms with van der Waals surface area (Å²) < 4.78 is 0. The van der Waals surface area contributed by atoms with Gasteiger partial charge >= 0.3 is 5.97 Å². The van der Waals surface area contributed by atoms with Crippen molar-refractivity contribution in [2.45, 2.75) is 19.1 Å². The van der Waals surface area contributed by atoms with Crippen LogP contribution in [0.15, 0.2) is 0 Å². The second-order valence-electron chi connectivity index (χ2n) is 4.16. The Labute approximate surface area is 113 Å². The van der Waals surface area contributed by atoms with E-state index in [2.05, 4.69) is 16.8 Å². The fraction of sp³-hybridized carbons (Fsp3) is 0.545. The Hall–Kier alpha value is -1.08. The molecule has 0 aromatic carbocycles. The highest BCUT2D eigenvalue weighted by Crippen LogP contribution is 2.30. The summed E-state index contributed by atoms with van der Waals surface area (Å²) in [6.45, 7) is 5.19. The molecule has 1 unspecified atom stereocenters. The minimum absolute atomic E-state index is 0.117. The summed E-state index contributed by atoms with van der Waals surface area (Å²) in [7, 11) is 0. The predicted molar refractivity (Wildman–Crippen MR) is 73.2 cm³/mol. The average Bonchev–Trinajstić information content (AvgIpc) is 2.73. The first-order valence-electron chi connectivity index (χ1n) is 5.60. The summed E-state index contributed by atoms with van der Waals surface area (Å²) in [6.07, 6.45) is 0. The molecule has 1 fully saturated rings. The lowest BCUT2D eigenvalue weighted by molar-refractivity contribution is 0.0687. The smallest absolute Gasteiger partial charge is 0.356 e. The van der Waals surface area contributed by atoms with E-state index >= 15 is 0 Å². The number of aromatic nitrogens is 1. The number of thioether (sulfide) groups is 1. The SMILES string of the molecule is CC(=O)c1sc(N2CCSC(C)C2)nc1C(=O)O. The van der Waals surface area contributed by atoms with Crippen molar-refractivity contribution < 1.29 is 14.7 Å². The number of hydrogen-bond donors (Lipinski definition) is 1. The third kappa shape index (κ3) is 2.67. The molecule has 0 spiro atoms. The summed E-state index contributed by atoms with van der Waals surface area (Å²) >= 11 is 3.07. The lowest BCUT2D eigenvalue weighted by Crippen LogP contribution is -2.36. The first-order valence-corrected chi connectivity index (χ1v) is 7.47. The predicted octanol–water partition coefficient (Wildman–Crippen LogP) is 1.99. The van der Waals surface area contributed by atoms with Crippen molar-refractivity contribution in [3.63, 3.8) is 0 Å². The van der Waals surface area contributed by atoms with Gasteiger partial charge < -0.3 is 10.0 Å². The summed E-state index contributed by atoms with van der Waals surface area (Å²) in [5.74, 6) is -0.379. The van der Waals surface area contributed by atoms with Crippen LogP contribution in [0.1, 0.15) is 34.0 Å². The Balaban J connectivity index is 2.31. The number of carbonyl (C=O) groups is 2. The van der Waals surface area contributed by atoms with E-state index in [1.165, 1.54) is 18.3 Å². The topological polar surface area (TPSA) is 70.5 Å². The van der Waals surface area contributed by atoms with Gasteiger partial charge in [-0.15, -0.1) is 0 Å². The van der Waals surface area contributed by atoms with E-state index in [0.29, 0.717) is 10.4 Å². The number of rotatable bonds is 3. The molecule has 1 saturated heterocycles. The standard InChI is InChI=1S/C11H14N2O3S2/c1-6-5-13(3-4-17-6)11-12-8(10(15)16)9(18-11)7(2)14/h6H,3-5H2,1-2H3,(H,15,16). The Morgan fingerprint density at radius 1 is 1.50 bits per heavy atom. The van der Waals surface area contributed by atoms with Gasteiger partial charge in [0.2, 0.25) is 0 Å². The third-order valence-electron chi connectivity index (χ3n) is 2.65. The molecule has 0 radical (unpaired) electrons. The van der Waals surface area contributed by atoms with Gasteiger partial charge in [0.25, 0.3) is 0 Å². The highest BCUT2D eigenvalue weighted by Gasteiger charge is 2.25. The number of carboxylic acids is 1. The van der Waals surface area contributed by atoms with E-state index < -0.39 is 5.97 Å². The number of carbonyl (C=O) groups excluding carboxylic acids is 1. The number of Topliss-reactive ketones (excluding diaryl/α,β-unsaturated/α-hetero) is 1. The van der Waals surface area contributed by atoms with Gasteiger partial charge in [0.15, 0.2) is 16.6 Å². The molecule has 18 heavy (non-hydrogen) atoms. The molecule has 7 heteroatoms. The monoisotopic (exact) mass is 286 g/mol. The fourth-order valence-corrected chi connectivity index (χ4v) is 3.82. The third-order valence-corrected chi connectivity index (χ3v) is 5.00. The zero-order chi connectivity index (χ0) is 13.3. The molecule has 1 aromatic heterocycles. The maximum atomic E-state index is 11.4. The molecule has 0 amide bonds. The van der Waals surface area contributed by atoms with Crippen LogP contribution in [0.3, 0.4) is 0 Å². The normalized spacial score (nSPS) is 19.9. The number of hydrogen-bond acceptors (Lipinski definition) is 6. The molecule has 2 rings (SSSR count). The number of thiazole rings is 1. The van der Waals surface area contributed by atoms with Crippen molar-refractivity contribution in [1.82, 2.24) is 4.98 Å². The van der Waals surface area contributed by atoms with Crippen LogP contribution in [0, 0.1) is 0 Å².